The standard InChI is InChI=1S/C17H24N4O/c1-3-4-8-11-19-17(18-2)20-13-15-12-16(22-21-15)14-9-6-5-7-10-14/h5-7,9-10,12H,3-4,8,11,13H2,1-2H3,(H2,18,19,20). The number of benzene rings is 1. The molecule has 0 unspecified atom stereocenters. The zero-order valence-electron chi connectivity index (χ0n) is 13.3. The van der Waals surface area contributed by atoms with E-state index in [1.807, 2.05) is 36.4 Å². The van der Waals surface area contributed by atoms with Crippen molar-refractivity contribution < 1.29 is 4.52 Å². The molecule has 118 valence electrons. The lowest BCUT2D eigenvalue weighted by Gasteiger charge is -2.10. The van der Waals surface area contributed by atoms with Crippen molar-refractivity contribution in [3.63, 3.8) is 0 Å². The van der Waals surface area contributed by atoms with E-state index in [0.29, 0.717) is 6.54 Å². The highest BCUT2D eigenvalue weighted by atomic mass is 16.5. The number of hydrogen-bond donors (Lipinski definition) is 2. The molecule has 0 spiro atoms. The van der Waals surface area contributed by atoms with Crippen LogP contribution in [0.25, 0.3) is 11.3 Å². The van der Waals surface area contributed by atoms with Crippen LogP contribution in [-0.2, 0) is 6.54 Å². The normalized spacial score (nSPS) is 11.5. The van der Waals surface area contributed by atoms with Gasteiger partial charge in [-0.05, 0) is 6.42 Å². The lowest BCUT2D eigenvalue weighted by molar-refractivity contribution is 0.422. The Balaban J connectivity index is 1.82. The van der Waals surface area contributed by atoms with Crippen LogP contribution in [-0.4, -0.2) is 24.7 Å². The number of hydrogen-bond acceptors (Lipinski definition) is 3. The summed E-state index contributed by atoms with van der Waals surface area (Å²) in [5, 5.41) is 10.6. The van der Waals surface area contributed by atoms with Gasteiger partial charge in [-0.25, -0.2) is 0 Å². The van der Waals surface area contributed by atoms with Gasteiger partial charge in [0.25, 0.3) is 0 Å². The second-order valence-corrected chi connectivity index (χ2v) is 5.11. The maximum absolute atomic E-state index is 5.38. The first-order chi connectivity index (χ1) is 10.8. The Morgan fingerprint density at radius 2 is 2.00 bits per heavy atom. The first-order valence-corrected chi connectivity index (χ1v) is 7.79. The minimum Gasteiger partial charge on any atom is -0.356 e. The number of guanidine groups is 1. The second kappa shape index (κ2) is 8.87. The third kappa shape index (κ3) is 4.91. The second-order valence-electron chi connectivity index (χ2n) is 5.11. The van der Waals surface area contributed by atoms with E-state index in [0.717, 1.165) is 35.9 Å². The molecule has 0 radical (unpaired) electrons. The molecule has 0 saturated carbocycles. The van der Waals surface area contributed by atoms with E-state index in [2.05, 4.69) is 27.7 Å². The summed E-state index contributed by atoms with van der Waals surface area (Å²) < 4.78 is 5.38. The summed E-state index contributed by atoms with van der Waals surface area (Å²) in [5.74, 6) is 1.57. The molecule has 2 aromatic rings. The van der Waals surface area contributed by atoms with Gasteiger partial charge in [0.1, 0.15) is 5.69 Å². The Morgan fingerprint density at radius 1 is 1.18 bits per heavy atom. The molecule has 0 aliphatic heterocycles. The minimum absolute atomic E-state index is 0.587. The van der Waals surface area contributed by atoms with Crippen molar-refractivity contribution in [3.05, 3.63) is 42.1 Å². The van der Waals surface area contributed by atoms with Gasteiger partial charge in [0.2, 0.25) is 0 Å². The fourth-order valence-electron chi connectivity index (χ4n) is 2.11. The van der Waals surface area contributed by atoms with Gasteiger partial charge in [-0.3, -0.25) is 4.99 Å². The quantitative estimate of drug-likeness (QED) is 0.468. The van der Waals surface area contributed by atoms with E-state index in [4.69, 9.17) is 4.52 Å². The van der Waals surface area contributed by atoms with E-state index in [9.17, 15) is 0 Å². The Kier molecular flexibility index (Phi) is 6.48. The van der Waals surface area contributed by atoms with Gasteiger partial charge < -0.3 is 15.2 Å². The van der Waals surface area contributed by atoms with Crippen molar-refractivity contribution in [2.45, 2.75) is 32.7 Å². The molecule has 1 heterocycles. The third-order valence-electron chi connectivity index (χ3n) is 3.35. The van der Waals surface area contributed by atoms with Gasteiger partial charge in [0.05, 0.1) is 6.54 Å². The van der Waals surface area contributed by atoms with Crippen molar-refractivity contribution in [2.24, 2.45) is 4.99 Å². The minimum atomic E-state index is 0.587. The lowest BCUT2D eigenvalue weighted by atomic mass is 10.2. The molecule has 0 aliphatic carbocycles. The van der Waals surface area contributed by atoms with Crippen molar-refractivity contribution >= 4 is 5.96 Å². The molecular formula is C17H24N4O. The average molecular weight is 300 g/mol. The largest absolute Gasteiger partial charge is 0.356 e. The van der Waals surface area contributed by atoms with Crippen molar-refractivity contribution in [1.82, 2.24) is 15.8 Å². The van der Waals surface area contributed by atoms with Crippen LogP contribution < -0.4 is 10.6 Å². The Bertz CT molecular complexity index is 577. The highest BCUT2D eigenvalue weighted by Gasteiger charge is 2.06. The highest BCUT2D eigenvalue weighted by Crippen LogP contribution is 2.19. The predicted octanol–water partition coefficient (Wildman–Crippen LogP) is 3.20. The number of aliphatic imine (C=N–C) groups is 1. The number of nitrogens with zero attached hydrogens (tertiary/aromatic N) is 2. The van der Waals surface area contributed by atoms with Gasteiger partial charge in [0, 0.05) is 25.2 Å². The lowest BCUT2D eigenvalue weighted by Crippen LogP contribution is -2.37. The van der Waals surface area contributed by atoms with E-state index < -0.39 is 0 Å². The maximum Gasteiger partial charge on any atom is 0.191 e. The highest BCUT2D eigenvalue weighted by molar-refractivity contribution is 5.79. The molecule has 2 rings (SSSR count). The Morgan fingerprint density at radius 3 is 2.73 bits per heavy atom. The van der Waals surface area contributed by atoms with Crippen LogP contribution in [0.1, 0.15) is 31.9 Å². The summed E-state index contributed by atoms with van der Waals surface area (Å²) in [4.78, 5) is 4.20. The van der Waals surface area contributed by atoms with E-state index in [-0.39, 0.29) is 0 Å². The molecule has 1 aromatic carbocycles. The summed E-state index contributed by atoms with van der Waals surface area (Å²) in [6.45, 7) is 3.72. The van der Waals surface area contributed by atoms with Crippen LogP contribution in [0.15, 0.2) is 45.9 Å². The molecule has 0 saturated heterocycles. The zero-order valence-corrected chi connectivity index (χ0v) is 13.3. The van der Waals surface area contributed by atoms with Crippen molar-refractivity contribution in [3.8, 4) is 11.3 Å². The Labute approximate surface area is 131 Å². The van der Waals surface area contributed by atoms with Crippen molar-refractivity contribution in [1.29, 1.82) is 0 Å². The van der Waals surface area contributed by atoms with Crippen LogP contribution in [0, 0.1) is 0 Å². The molecule has 0 bridgehead atoms. The SMILES string of the molecule is CCCCCNC(=NC)NCc1cc(-c2ccccc2)on1. The molecule has 0 atom stereocenters. The number of nitrogens with one attached hydrogen (secondary N) is 2. The summed E-state index contributed by atoms with van der Waals surface area (Å²) in [6, 6.07) is 11.9. The topological polar surface area (TPSA) is 62.5 Å². The maximum atomic E-state index is 5.38. The van der Waals surface area contributed by atoms with Crippen LogP contribution >= 0.6 is 0 Å². The molecule has 0 aliphatic rings. The summed E-state index contributed by atoms with van der Waals surface area (Å²) in [6.07, 6.45) is 3.60. The van der Waals surface area contributed by atoms with Crippen LogP contribution in [0.2, 0.25) is 0 Å². The smallest absolute Gasteiger partial charge is 0.191 e. The fourth-order valence-corrected chi connectivity index (χ4v) is 2.11. The van der Waals surface area contributed by atoms with Crippen LogP contribution in [0.5, 0.6) is 0 Å². The molecule has 1 aromatic heterocycles. The predicted molar refractivity (Wildman–Crippen MR) is 89.7 cm³/mol. The van der Waals surface area contributed by atoms with E-state index in [1.165, 1.54) is 12.8 Å². The van der Waals surface area contributed by atoms with Crippen LogP contribution in [0.4, 0.5) is 0 Å². The molecular weight excluding hydrogens is 276 g/mol. The summed E-state index contributed by atoms with van der Waals surface area (Å²) in [7, 11) is 1.77. The van der Waals surface area contributed by atoms with Gasteiger partial charge in [-0.15, -0.1) is 0 Å². The van der Waals surface area contributed by atoms with Gasteiger partial charge in [-0.1, -0.05) is 55.3 Å². The van der Waals surface area contributed by atoms with Crippen molar-refractivity contribution in [2.75, 3.05) is 13.6 Å². The van der Waals surface area contributed by atoms with E-state index >= 15 is 0 Å². The third-order valence-corrected chi connectivity index (χ3v) is 3.35. The average Bonchev–Trinajstić information content (AvgIpc) is 3.04. The molecule has 22 heavy (non-hydrogen) atoms. The summed E-state index contributed by atoms with van der Waals surface area (Å²) >= 11 is 0. The van der Waals surface area contributed by atoms with Gasteiger partial charge in [-0.2, -0.15) is 0 Å². The zero-order chi connectivity index (χ0) is 15.6. The van der Waals surface area contributed by atoms with Crippen LogP contribution in [0.3, 0.4) is 0 Å². The monoisotopic (exact) mass is 300 g/mol. The number of aromatic nitrogens is 1. The molecule has 2 N–H and O–H groups in total. The van der Waals surface area contributed by atoms with Gasteiger partial charge >= 0.3 is 0 Å². The molecule has 5 heteroatoms. The van der Waals surface area contributed by atoms with Gasteiger partial charge in [0.15, 0.2) is 11.7 Å². The summed E-state index contributed by atoms with van der Waals surface area (Å²) in [5.41, 5.74) is 1.89. The first-order valence-electron chi connectivity index (χ1n) is 7.79. The molecule has 0 fully saturated rings. The first kappa shape index (κ1) is 16.1. The Hall–Kier alpha value is -2.30. The molecule has 5 nitrogen and oxygen atoms in total. The fraction of sp³-hybridized carbons (Fsp3) is 0.412. The number of unbranched alkanes of at least 4 members (excludes halogenated alkanes) is 2. The number of rotatable bonds is 7. The van der Waals surface area contributed by atoms with E-state index in [1.54, 1.807) is 7.05 Å². The molecule has 0 amide bonds.